The number of halogens is 1. The van der Waals surface area contributed by atoms with Crippen LogP contribution in [-0.4, -0.2) is 96.2 Å². The molecule has 2 aliphatic heterocycles. The molecule has 230 valence electrons. The lowest BCUT2D eigenvalue weighted by atomic mass is 10.2. The van der Waals surface area contributed by atoms with Crippen LogP contribution in [0, 0.1) is 13.8 Å². The van der Waals surface area contributed by atoms with Gasteiger partial charge in [-0.2, -0.15) is 8.61 Å². The predicted molar refractivity (Wildman–Crippen MR) is 168 cm³/mol. The van der Waals surface area contributed by atoms with Crippen molar-refractivity contribution in [3.8, 4) is 17.1 Å². The molecule has 4 aromatic rings. The number of nitrogens with zero attached hydrogens (tertiary/aromatic N) is 5. The molecule has 1 atom stereocenters. The number of sulfonamides is 2. The molecule has 0 aliphatic carbocycles. The van der Waals surface area contributed by atoms with E-state index in [4.69, 9.17) is 9.72 Å². The Morgan fingerprint density at radius 1 is 1.09 bits per heavy atom. The molecule has 1 unspecified atom stereocenters. The van der Waals surface area contributed by atoms with E-state index < -0.39 is 20.0 Å². The van der Waals surface area contributed by atoms with E-state index in [1.165, 1.54) is 8.61 Å². The number of aromatic nitrogens is 4. The van der Waals surface area contributed by atoms with Crippen molar-refractivity contribution in [2.45, 2.75) is 38.1 Å². The van der Waals surface area contributed by atoms with Crippen molar-refractivity contribution in [1.82, 2.24) is 28.1 Å². The molecule has 2 N–H and O–H groups in total. The van der Waals surface area contributed by atoms with Crippen molar-refractivity contribution in [3.05, 3.63) is 52.4 Å². The van der Waals surface area contributed by atoms with Crippen LogP contribution >= 0.6 is 15.9 Å². The number of hydrogen-bond acceptors (Lipinski definition) is 8. The monoisotopic (exact) mass is 691 g/mol. The quantitative estimate of drug-likeness (QED) is 0.285. The number of benzene rings is 1. The number of imidazole rings is 1. The number of aromatic amines is 1. The van der Waals surface area contributed by atoms with E-state index in [2.05, 4.69) is 31.2 Å². The summed E-state index contributed by atoms with van der Waals surface area (Å²) in [6.45, 7) is 7.92. The number of ether oxygens (including phenoxy) is 1. The van der Waals surface area contributed by atoms with Crippen LogP contribution in [0.4, 0.5) is 5.69 Å². The molecule has 2 saturated heterocycles. The van der Waals surface area contributed by atoms with Crippen LogP contribution in [0.3, 0.4) is 0 Å². The largest absolute Gasteiger partial charge is 0.379 e. The molecule has 0 saturated carbocycles. The van der Waals surface area contributed by atoms with Crippen molar-refractivity contribution >= 4 is 52.8 Å². The third-order valence-corrected chi connectivity index (χ3v) is 12.4. The van der Waals surface area contributed by atoms with Gasteiger partial charge >= 0.3 is 0 Å². The topological polar surface area (TPSA) is 143 Å². The minimum atomic E-state index is -3.65. The van der Waals surface area contributed by atoms with E-state index in [1.807, 2.05) is 30.5 Å². The SMILES string of the molecule is CCS(=O)(=O)N1CCC(Nc2c(Br)cnc3[nH]c(-c4cc(C)n(-c5cccc(S(=O)(=O)N6CCOCC6)c5)c4C)nc23)C1. The molecular formula is C28H34BrN7O5S2. The molecule has 5 heterocycles. The van der Waals surface area contributed by atoms with Crippen molar-refractivity contribution in [3.63, 3.8) is 0 Å². The van der Waals surface area contributed by atoms with E-state index in [9.17, 15) is 16.8 Å². The van der Waals surface area contributed by atoms with Crippen molar-refractivity contribution in [2.24, 2.45) is 0 Å². The van der Waals surface area contributed by atoms with Crippen LogP contribution in [0.2, 0.25) is 0 Å². The van der Waals surface area contributed by atoms with Crippen molar-refractivity contribution in [2.75, 3.05) is 50.5 Å². The van der Waals surface area contributed by atoms with Gasteiger partial charge in [0, 0.05) is 61.1 Å². The number of fused-ring (bicyclic) bond motifs is 1. The maximum Gasteiger partial charge on any atom is 0.243 e. The summed E-state index contributed by atoms with van der Waals surface area (Å²) in [5.41, 5.74) is 5.41. The first-order chi connectivity index (χ1) is 20.5. The van der Waals surface area contributed by atoms with Gasteiger partial charge in [0.15, 0.2) is 5.65 Å². The minimum Gasteiger partial charge on any atom is -0.379 e. The molecule has 0 amide bonds. The zero-order valence-corrected chi connectivity index (χ0v) is 27.4. The van der Waals surface area contributed by atoms with Gasteiger partial charge in [0.2, 0.25) is 20.0 Å². The smallest absolute Gasteiger partial charge is 0.243 e. The zero-order valence-electron chi connectivity index (χ0n) is 24.2. The predicted octanol–water partition coefficient (Wildman–Crippen LogP) is 3.65. The number of H-pyrrole nitrogens is 1. The van der Waals surface area contributed by atoms with Gasteiger partial charge in [-0.15, -0.1) is 0 Å². The highest BCUT2D eigenvalue weighted by Gasteiger charge is 2.31. The average molecular weight is 693 g/mol. The summed E-state index contributed by atoms with van der Waals surface area (Å²) in [7, 11) is -6.90. The molecular weight excluding hydrogens is 658 g/mol. The molecule has 0 radical (unpaired) electrons. The van der Waals surface area contributed by atoms with E-state index >= 15 is 0 Å². The molecule has 6 rings (SSSR count). The van der Waals surface area contributed by atoms with Gasteiger partial charge in [-0.1, -0.05) is 6.07 Å². The maximum atomic E-state index is 13.3. The molecule has 43 heavy (non-hydrogen) atoms. The highest BCUT2D eigenvalue weighted by molar-refractivity contribution is 9.10. The number of pyridine rings is 1. The standard InChI is InChI=1S/C28H34BrN7O5S2/c1-4-42(37,38)35-9-8-20(17-35)31-25-24(29)16-30-28-26(25)32-27(33-28)23-14-18(2)36(19(23)3)21-6-5-7-22(15-21)43(39,40)34-10-12-41-13-11-34/h5-7,14-16,20H,4,8-13,17H2,1-3H3,(H2,30,31,32,33). The maximum absolute atomic E-state index is 13.3. The van der Waals surface area contributed by atoms with Gasteiger partial charge in [0.25, 0.3) is 0 Å². The second-order valence-electron chi connectivity index (χ2n) is 10.8. The number of anilines is 1. The summed E-state index contributed by atoms with van der Waals surface area (Å²) >= 11 is 3.60. The number of rotatable bonds is 8. The van der Waals surface area contributed by atoms with E-state index in [-0.39, 0.29) is 16.7 Å². The lowest BCUT2D eigenvalue weighted by Crippen LogP contribution is -2.40. The summed E-state index contributed by atoms with van der Waals surface area (Å²) in [6, 6.07) is 8.94. The van der Waals surface area contributed by atoms with Gasteiger partial charge in [-0.3, -0.25) is 0 Å². The Kier molecular flexibility index (Phi) is 8.15. The Morgan fingerprint density at radius 2 is 1.86 bits per heavy atom. The number of morpholine rings is 1. The Labute approximate surface area is 259 Å². The summed E-state index contributed by atoms with van der Waals surface area (Å²) in [4.78, 5) is 13.0. The molecule has 2 fully saturated rings. The van der Waals surface area contributed by atoms with Gasteiger partial charge in [-0.25, -0.2) is 26.8 Å². The van der Waals surface area contributed by atoms with Crippen LogP contribution in [0.15, 0.2) is 45.9 Å². The van der Waals surface area contributed by atoms with Crippen molar-refractivity contribution < 1.29 is 21.6 Å². The molecule has 3 aromatic heterocycles. The van der Waals surface area contributed by atoms with Crippen LogP contribution in [0.5, 0.6) is 0 Å². The average Bonchev–Trinajstić information content (AvgIpc) is 3.72. The normalized spacial score (nSPS) is 18.9. The molecule has 2 aliphatic rings. The van der Waals surface area contributed by atoms with Crippen LogP contribution < -0.4 is 5.32 Å². The van der Waals surface area contributed by atoms with Crippen LogP contribution in [0.25, 0.3) is 28.2 Å². The lowest BCUT2D eigenvalue weighted by molar-refractivity contribution is 0.0730. The summed E-state index contributed by atoms with van der Waals surface area (Å²) in [6.07, 6.45) is 2.39. The lowest BCUT2D eigenvalue weighted by Gasteiger charge is -2.26. The minimum absolute atomic E-state index is 0.0607. The summed E-state index contributed by atoms with van der Waals surface area (Å²) in [5.74, 6) is 0.708. The third-order valence-electron chi connectivity index (χ3n) is 8.09. The first-order valence-electron chi connectivity index (χ1n) is 14.2. The van der Waals surface area contributed by atoms with E-state index in [0.717, 1.165) is 32.8 Å². The van der Waals surface area contributed by atoms with Gasteiger partial charge < -0.3 is 19.6 Å². The first kappa shape index (κ1) is 30.2. The highest BCUT2D eigenvalue weighted by atomic mass is 79.9. The fourth-order valence-corrected chi connectivity index (χ4v) is 8.81. The van der Waals surface area contributed by atoms with E-state index in [1.54, 1.807) is 31.3 Å². The second-order valence-corrected chi connectivity index (χ2v) is 15.8. The van der Waals surface area contributed by atoms with Crippen LogP contribution in [0.1, 0.15) is 24.7 Å². The molecule has 1 aromatic carbocycles. The summed E-state index contributed by atoms with van der Waals surface area (Å²) in [5, 5.41) is 3.50. The Balaban J connectivity index is 1.32. The van der Waals surface area contributed by atoms with E-state index in [0.29, 0.717) is 62.8 Å². The highest BCUT2D eigenvalue weighted by Crippen LogP contribution is 2.35. The molecule has 12 nitrogen and oxygen atoms in total. The van der Waals surface area contributed by atoms with Gasteiger partial charge in [0.1, 0.15) is 11.3 Å². The zero-order chi connectivity index (χ0) is 30.5. The molecule has 0 spiro atoms. The molecule has 0 bridgehead atoms. The van der Waals surface area contributed by atoms with Gasteiger partial charge in [0.05, 0.1) is 34.0 Å². The Bertz CT molecular complexity index is 1900. The first-order valence-corrected chi connectivity index (χ1v) is 18.0. The number of aryl methyl sites for hydroxylation is 1. The fraction of sp³-hybridized carbons (Fsp3) is 0.429. The number of nitrogens with one attached hydrogen (secondary N) is 2. The molecule has 15 heteroatoms. The summed E-state index contributed by atoms with van der Waals surface area (Å²) < 4.78 is 62.5. The van der Waals surface area contributed by atoms with Crippen molar-refractivity contribution in [1.29, 1.82) is 0 Å². The Morgan fingerprint density at radius 3 is 2.60 bits per heavy atom. The van der Waals surface area contributed by atoms with Crippen LogP contribution in [-0.2, 0) is 24.8 Å². The fourth-order valence-electron chi connectivity index (χ4n) is 5.80. The number of hydrogen-bond donors (Lipinski definition) is 2. The third kappa shape index (κ3) is 5.62. The van der Waals surface area contributed by atoms with Gasteiger partial charge in [-0.05, 0) is 67.4 Å². The Hall–Kier alpha value is -2.82. The second kappa shape index (κ2) is 11.6.